The third kappa shape index (κ3) is 4.57. The van der Waals surface area contributed by atoms with E-state index in [0.29, 0.717) is 18.4 Å². The molecule has 0 amide bonds. The van der Waals surface area contributed by atoms with Crippen molar-refractivity contribution in [3.63, 3.8) is 0 Å². The number of aromatic nitrogens is 2. The summed E-state index contributed by atoms with van der Waals surface area (Å²) in [7, 11) is 0. The Morgan fingerprint density at radius 2 is 2.12 bits per heavy atom. The molecule has 4 nitrogen and oxygen atoms in total. The van der Waals surface area contributed by atoms with E-state index in [1.54, 1.807) is 12.4 Å². The molecule has 1 aromatic rings. The first-order valence-electron chi connectivity index (χ1n) is 5.81. The van der Waals surface area contributed by atoms with Gasteiger partial charge in [0.05, 0.1) is 18.5 Å². The third-order valence-corrected chi connectivity index (χ3v) is 2.20. The van der Waals surface area contributed by atoms with Crippen LogP contribution in [-0.2, 0) is 6.42 Å². The summed E-state index contributed by atoms with van der Waals surface area (Å²) in [6.07, 6.45) is 5.14. The highest BCUT2D eigenvalue weighted by molar-refractivity contribution is 5.09. The second-order valence-corrected chi connectivity index (χ2v) is 4.38. The Morgan fingerprint density at radius 3 is 2.75 bits per heavy atom. The minimum atomic E-state index is 0.145. The summed E-state index contributed by atoms with van der Waals surface area (Å²) >= 11 is 0. The summed E-state index contributed by atoms with van der Waals surface area (Å²) in [5, 5.41) is 0. The molecule has 1 rings (SSSR count). The van der Waals surface area contributed by atoms with Crippen LogP contribution in [-0.4, -0.2) is 22.6 Å². The first-order valence-corrected chi connectivity index (χ1v) is 5.81. The van der Waals surface area contributed by atoms with Crippen molar-refractivity contribution in [3.05, 3.63) is 18.1 Å². The lowest BCUT2D eigenvalue weighted by Crippen LogP contribution is -2.25. The largest absolute Gasteiger partial charge is 0.477 e. The smallest absolute Gasteiger partial charge is 0.232 e. The molecule has 0 aliphatic rings. The van der Waals surface area contributed by atoms with Gasteiger partial charge in [-0.2, -0.15) is 0 Å². The van der Waals surface area contributed by atoms with Crippen LogP contribution in [0, 0.1) is 5.92 Å². The Kier molecular flexibility index (Phi) is 5.19. The Labute approximate surface area is 97.2 Å². The molecule has 16 heavy (non-hydrogen) atoms. The van der Waals surface area contributed by atoms with Crippen molar-refractivity contribution in [2.24, 2.45) is 11.7 Å². The molecule has 0 aliphatic carbocycles. The molecule has 4 heteroatoms. The normalized spacial score (nSPS) is 12.8. The van der Waals surface area contributed by atoms with E-state index in [2.05, 4.69) is 23.8 Å². The van der Waals surface area contributed by atoms with Gasteiger partial charge < -0.3 is 10.5 Å². The zero-order chi connectivity index (χ0) is 12.0. The van der Waals surface area contributed by atoms with Crippen LogP contribution < -0.4 is 10.5 Å². The van der Waals surface area contributed by atoms with E-state index < -0.39 is 0 Å². The minimum absolute atomic E-state index is 0.145. The van der Waals surface area contributed by atoms with E-state index in [4.69, 9.17) is 10.5 Å². The maximum atomic E-state index is 6.02. The number of rotatable bonds is 6. The molecule has 2 N–H and O–H groups in total. The predicted molar refractivity (Wildman–Crippen MR) is 64.3 cm³/mol. The van der Waals surface area contributed by atoms with Crippen molar-refractivity contribution in [2.45, 2.75) is 39.7 Å². The fourth-order valence-electron chi connectivity index (χ4n) is 1.66. The second kappa shape index (κ2) is 6.43. The Bertz CT molecular complexity index is 315. The van der Waals surface area contributed by atoms with Crippen LogP contribution in [0.2, 0.25) is 0 Å². The Morgan fingerprint density at radius 1 is 1.38 bits per heavy atom. The molecule has 0 aromatic carbocycles. The van der Waals surface area contributed by atoms with Crippen molar-refractivity contribution in [1.82, 2.24) is 9.97 Å². The van der Waals surface area contributed by atoms with E-state index in [0.717, 1.165) is 18.5 Å². The van der Waals surface area contributed by atoms with Crippen LogP contribution in [0.3, 0.4) is 0 Å². The zero-order valence-electron chi connectivity index (χ0n) is 10.3. The van der Waals surface area contributed by atoms with Crippen molar-refractivity contribution in [1.29, 1.82) is 0 Å². The molecular weight excluding hydrogens is 202 g/mol. The van der Waals surface area contributed by atoms with E-state index in [1.165, 1.54) is 0 Å². The van der Waals surface area contributed by atoms with Crippen molar-refractivity contribution >= 4 is 0 Å². The molecule has 0 spiro atoms. The van der Waals surface area contributed by atoms with E-state index in [-0.39, 0.29) is 6.04 Å². The molecule has 0 fully saturated rings. The highest BCUT2D eigenvalue weighted by atomic mass is 16.5. The fourth-order valence-corrected chi connectivity index (χ4v) is 1.66. The minimum Gasteiger partial charge on any atom is -0.477 e. The van der Waals surface area contributed by atoms with Crippen molar-refractivity contribution in [2.75, 3.05) is 6.61 Å². The van der Waals surface area contributed by atoms with Crippen LogP contribution in [0.4, 0.5) is 0 Å². The number of nitrogens with two attached hydrogens (primary N) is 1. The lowest BCUT2D eigenvalue weighted by Gasteiger charge is -2.13. The summed E-state index contributed by atoms with van der Waals surface area (Å²) in [4.78, 5) is 8.44. The molecule has 1 heterocycles. The Hall–Kier alpha value is -1.16. The van der Waals surface area contributed by atoms with E-state index >= 15 is 0 Å². The number of hydrogen-bond acceptors (Lipinski definition) is 4. The zero-order valence-corrected chi connectivity index (χ0v) is 10.3. The van der Waals surface area contributed by atoms with Gasteiger partial charge in [0.25, 0.3) is 0 Å². The summed E-state index contributed by atoms with van der Waals surface area (Å²) < 4.78 is 5.29. The van der Waals surface area contributed by atoms with E-state index in [1.807, 2.05) is 6.92 Å². The summed E-state index contributed by atoms with van der Waals surface area (Å²) in [6, 6.07) is 0.145. The molecule has 90 valence electrons. The summed E-state index contributed by atoms with van der Waals surface area (Å²) in [5.74, 6) is 1.19. The molecular formula is C12H21N3O. The molecule has 0 radical (unpaired) electrons. The molecule has 0 aliphatic heterocycles. The highest BCUT2D eigenvalue weighted by Crippen LogP contribution is 2.10. The van der Waals surface area contributed by atoms with Gasteiger partial charge in [-0.25, -0.2) is 4.98 Å². The van der Waals surface area contributed by atoms with Gasteiger partial charge in [0.15, 0.2) is 0 Å². The maximum Gasteiger partial charge on any atom is 0.232 e. The Balaban J connectivity index is 2.55. The van der Waals surface area contributed by atoms with Crippen molar-refractivity contribution < 1.29 is 4.74 Å². The second-order valence-electron chi connectivity index (χ2n) is 4.38. The molecule has 0 saturated carbocycles. The number of hydrogen-bond donors (Lipinski definition) is 1. The standard InChI is InChI=1S/C12H21N3O/c1-4-16-12-8-14-7-11(15-12)6-10(13)5-9(2)3/h7-10H,4-6,13H2,1-3H3. The lowest BCUT2D eigenvalue weighted by atomic mass is 10.0. The lowest BCUT2D eigenvalue weighted by molar-refractivity contribution is 0.323. The molecule has 0 bridgehead atoms. The van der Waals surface area contributed by atoms with Gasteiger partial charge in [-0.3, -0.25) is 4.98 Å². The van der Waals surface area contributed by atoms with Crippen LogP contribution in [0.1, 0.15) is 32.9 Å². The quantitative estimate of drug-likeness (QED) is 0.798. The molecule has 1 atom stereocenters. The van der Waals surface area contributed by atoms with Crippen LogP contribution in [0.5, 0.6) is 5.88 Å². The third-order valence-electron chi connectivity index (χ3n) is 2.20. The van der Waals surface area contributed by atoms with Crippen molar-refractivity contribution in [3.8, 4) is 5.88 Å². The van der Waals surface area contributed by atoms with Gasteiger partial charge in [-0.05, 0) is 19.3 Å². The SMILES string of the molecule is CCOc1cncc(CC(N)CC(C)C)n1. The van der Waals surface area contributed by atoms with E-state index in [9.17, 15) is 0 Å². The number of nitrogens with zero attached hydrogens (tertiary/aromatic N) is 2. The topological polar surface area (TPSA) is 61.0 Å². The average molecular weight is 223 g/mol. The number of ether oxygens (including phenoxy) is 1. The van der Waals surface area contributed by atoms with Crippen LogP contribution in [0.15, 0.2) is 12.4 Å². The van der Waals surface area contributed by atoms with Gasteiger partial charge in [0, 0.05) is 18.7 Å². The monoisotopic (exact) mass is 223 g/mol. The van der Waals surface area contributed by atoms with Gasteiger partial charge in [0.2, 0.25) is 5.88 Å². The predicted octanol–water partition coefficient (Wildman–Crippen LogP) is 1.79. The molecule has 1 unspecified atom stereocenters. The first kappa shape index (κ1) is 12.9. The molecule has 1 aromatic heterocycles. The summed E-state index contributed by atoms with van der Waals surface area (Å²) in [6.45, 7) is 6.87. The first-order chi connectivity index (χ1) is 7.61. The van der Waals surface area contributed by atoms with Gasteiger partial charge in [-0.15, -0.1) is 0 Å². The van der Waals surface area contributed by atoms with Crippen LogP contribution >= 0.6 is 0 Å². The fraction of sp³-hybridized carbons (Fsp3) is 0.667. The highest BCUT2D eigenvalue weighted by Gasteiger charge is 2.08. The average Bonchev–Trinajstić information content (AvgIpc) is 2.17. The van der Waals surface area contributed by atoms with Gasteiger partial charge >= 0.3 is 0 Å². The molecule has 0 saturated heterocycles. The van der Waals surface area contributed by atoms with Gasteiger partial charge in [0.1, 0.15) is 0 Å². The van der Waals surface area contributed by atoms with Gasteiger partial charge in [-0.1, -0.05) is 13.8 Å². The van der Waals surface area contributed by atoms with Crippen LogP contribution in [0.25, 0.3) is 0 Å². The summed E-state index contributed by atoms with van der Waals surface area (Å²) in [5.41, 5.74) is 6.92. The maximum absolute atomic E-state index is 6.02.